The van der Waals surface area contributed by atoms with E-state index in [0.717, 1.165) is 43.4 Å². The Morgan fingerprint density at radius 3 is 2.75 bits per heavy atom. The third kappa shape index (κ3) is 4.79. The Labute approximate surface area is 147 Å². The summed E-state index contributed by atoms with van der Waals surface area (Å²) in [5.74, 6) is 1.16. The van der Waals surface area contributed by atoms with Gasteiger partial charge >= 0.3 is 0 Å². The van der Waals surface area contributed by atoms with Crippen molar-refractivity contribution >= 4 is 23.1 Å². The number of amides is 1. The SMILES string of the molecule is CC(CN1CCN(c2ccccn2)CC1)NC(=O)Cc1cccs1. The van der Waals surface area contributed by atoms with E-state index in [1.807, 2.05) is 35.8 Å². The minimum atomic E-state index is 0.108. The van der Waals surface area contributed by atoms with Crippen LogP contribution >= 0.6 is 11.3 Å². The molecule has 1 unspecified atom stereocenters. The number of carbonyl (C=O) groups excluding carboxylic acids is 1. The van der Waals surface area contributed by atoms with Crippen molar-refractivity contribution in [3.8, 4) is 0 Å². The number of carbonyl (C=O) groups is 1. The molecule has 0 bridgehead atoms. The normalized spacial score (nSPS) is 16.8. The van der Waals surface area contributed by atoms with E-state index < -0.39 is 0 Å². The van der Waals surface area contributed by atoms with Crippen molar-refractivity contribution in [1.29, 1.82) is 0 Å². The van der Waals surface area contributed by atoms with Crippen LogP contribution in [-0.2, 0) is 11.2 Å². The second kappa shape index (κ2) is 8.26. The van der Waals surface area contributed by atoms with Crippen molar-refractivity contribution in [3.63, 3.8) is 0 Å². The number of hydrogen-bond acceptors (Lipinski definition) is 5. The summed E-state index contributed by atoms with van der Waals surface area (Å²) < 4.78 is 0. The molecule has 1 aliphatic heterocycles. The van der Waals surface area contributed by atoms with Gasteiger partial charge in [0.15, 0.2) is 0 Å². The topological polar surface area (TPSA) is 48.5 Å². The van der Waals surface area contributed by atoms with Crippen LogP contribution < -0.4 is 10.2 Å². The highest BCUT2D eigenvalue weighted by Crippen LogP contribution is 2.13. The smallest absolute Gasteiger partial charge is 0.225 e. The maximum absolute atomic E-state index is 12.1. The molecule has 0 aromatic carbocycles. The fourth-order valence-corrected chi connectivity index (χ4v) is 3.73. The Hall–Kier alpha value is -1.92. The molecule has 3 heterocycles. The van der Waals surface area contributed by atoms with Crippen LogP contribution in [0.15, 0.2) is 41.9 Å². The minimum Gasteiger partial charge on any atom is -0.354 e. The third-order valence-corrected chi connectivity index (χ3v) is 5.08. The quantitative estimate of drug-likeness (QED) is 0.871. The molecule has 24 heavy (non-hydrogen) atoms. The summed E-state index contributed by atoms with van der Waals surface area (Å²) in [6, 6.07) is 10.2. The zero-order valence-electron chi connectivity index (χ0n) is 14.0. The molecular formula is C18H24N4OS. The van der Waals surface area contributed by atoms with E-state index >= 15 is 0 Å². The van der Waals surface area contributed by atoms with Gasteiger partial charge in [0.25, 0.3) is 0 Å². The van der Waals surface area contributed by atoms with Crippen molar-refractivity contribution in [2.75, 3.05) is 37.6 Å². The average molecular weight is 344 g/mol. The van der Waals surface area contributed by atoms with E-state index in [2.05, 4.69) is 33.1 Å². The summed E-state index contributed by atoms with van der Waals surface area (Å²) in [7, 11) is 0. The molecule has 1 N–H and O–H groups in total. The maximum Gasteiger partial charge on any atom is 0.225 e. The molecule has 0 spiro atoms. The zero-order chi connectivity index (χ0) is 16.8. The van der Waals surface area contributed by atoms with E-state index in [4.69, 9.17) is 0 Å². The predicted molar refractivity (Wildman–Crippen MR) is 98.5 cm³/mol. The van der Waals surface area contributed by atoms with E-state index in [1.54, 1.807) is 11.3 Å². The second-order valence-corrected chi connectivity index (χ2v) is 7.23. The van der Waals surface area contributed by atoms with E-state index in [9.17, 15) is 4.79 Å². The van der Waals surface area contributed by atoms with Gasteiger partial charge in [-0.05, 0) is 30.5 Å². The first kappa shape index (κ1) is 16.9. The Balaban J connectivity index is 1.40. The monoisotopic (exact) mass is 344 g/mol. The number of pyridine rings is 1. The number of anilines is 1. The van der Waals surface area contributed by atoms with Gasteiger partial charge in [-0.1, -0.05) is 12.1 Å². The Bertz CT molecular complexity index is 624. The molecule has 2 aromatic heterocycles. The highest BCUT2D eigenvalue weighted by atomic mass is 32.1. The Kier molecular flexibility index (Phi) is 5.82. The van der Waals surface area contributed by atoms with E-state index in [0.29, 0.717) is 6.42 Å². The van der Waals surface area contributed by atoms with Crippen LogP contribution in [0.2, 0.25) is 0 Å². The number of aromatic nitrogens is 1. The van der Waals surface area contributed by atoms with Gasteiger partial charge in [0.1, 0.15) is 5.82 Å². The van der Waals surface area contributed by atoms with Gasteiger partial charge in [-0.15, -0.1) is 11.3 Å². The van der Waals surface area contributed by atoms with Crippen molar-refractivity contribution in [2.45, 2.75) is 19.4 Å². The standard InChI is InChI=1S/C18H24N4OS/c1-15(20-18(23)13-16-5-4-12-24-16)14-21-8-10-22(11-9-21)17-6-2-3-7-19-17/h2-7,12,15H,8-11,13-14H2,1H3,(H,20,23). The lowest BCUT2D eigenvalue weighted by molar-refractivity contribution is -0.121. The molecule has 1 saturated heterocycles. The largest absolute Gasteiger partial charge is 0.354 e. The average Bonchev–Trinajstić information content (AvgIpc) is 3.09. The summed E-state index contributed by atoms with van der Waals surface area (Å²) in [5.41, 5.74) is 0. The summed E-state index contributed by atoms with van der Waals surface area (Å²) in [4.78, 5) is 22.3. The van der Waals surface area contributed by atoms with E-state index in [1.165, 1.54) is 0 Å². The first-order valence-electron chi connectivity index (χ1n) is 8.41. The first-order valence-corrected chi connectivity index (χ1v) is 9.29. The van der Waals surface area contributed by atoms with Crippen LogP contribution in [0.5, 0.6) is 0 Å². The molecule has 1 atom stereocenters. The van der Waals surface area contributed by atoms with Gasteiger partial charge in [0.05, 0.1) is 6.42 Å². The molecule has 3 rings (SSSR count). The number of nitrogens with zero attached hydrogens (tertiary/aromatic N) is 3. The van der Waals surface area contributed by atoms with Crippen molar-refractivity contribution in [1.82, 2.24) is 15.2 Å². The van der Waals surface area contributed by atoms with Crippen molar-refractivity contribution in [2.24, 2.45) is 0 Å². The van der Waals surface area contributed by atoms with Gasteiger partial charge in [0, 0.05) is 49.8 Å². The fraction of sp³-hybridized carbons (Fsp3) is 0.444. The molecule has 1 fully saturated rings. The summed E-state index contributed by atoms with van der Waals surface area (Å²) in [5, 5.41) is 5.12. The molecule has 6 heteroatoms. The summed E-state index contributed by atoms with van der Waals surface area (Å²) in [6.45, 7) is 6.94. The predicted octanol–water partition coefficient (Wildman–Crippen LogP) is 2.01. The number of hydrogen-bond donors (Lipinski definition) is 1. The third-order valence-electron chi connectivity index (χ3n) is 4.20. The molecule has 5 nitrogen and oxygen atoms in total. The van der Waals surface area contributed by atoms with Gasteiger partial charge in [-0.25, -0.2) is 4.98 Å². The molecule has 1 amide bonds. The second-order valence-electron chi connectivity index (χ2n) is 6.20. The lowest BCUT2D eigenvalue weighted by atomic mass is 10.2. The highest BCUT2D eigenvalue weighted by molar-refractivity contribution is 7.10. The number of piperazine rings is 1. The highest BCUT2D eigenvalue weighted by Gasteiger charge is 2.20. The summed E-state index contributed by atoms with van der Waals surface area (Å²) in [6.07, 6.45) is 2.32. The Morgan fingerprint density at radius 1 is 1.25 bits per heavy atom. The molecule has 0 saturated carbocycles. The number of thiophene rings is 1. The minimum absolute atomic E-state index is 0.108. The van der Waals surface area contributed by atoms with Gasteiger partial charge in [-0.3, -0.25) is 9.69 Å². The lowest BCUT2D eigenvalue weighted by Crippen LogP contribution is -2.51. The van der Waals surface area contributed by atoms with Crippen LogP contribution in [-0.4, -0.2) is 54.6 Å². The number of nitrogens with one attached hydrogen (secondary N) is 1. The van der Waals surface area contributed by atoms with Crippen molar-refractivity contribution < 1.29 is 4.79 Å². The van der Waals surface area contributed by atoms with Crippen LogP contribution in [0.4, 0.5) is 5.82 Å². The fourth-order valence-electron chi connectivity index (χ4n) is 3.03. The van der Waals surface area contributed by atoms with Crippen LogP contribution in [0.25, 0.3) is 0 Å². The molecule has 128 valence electrons. The maximum atomic E-state index is 12.1. The van der Waals surface area contributed by atoms with Crippen molar-refractivity contribution in [3.05, 3.63) is 46.8 Å². The van der Waals surface area contributed by atoms with Gasteiger partial charge in [-0.2, -0.15) is 0 Å². The van der Waals surface area contributed by atoms with Gasteiger partial charge < -0.3 is 10.2 Å². The van der Waals surface area contributed by atoms with Crippen LogP contribution in [0, 0.1) is 0 Å². The first-order chi connectivity index (χ1) is 11.7. The van der Waals surface area contributed by atoms with E-state index in [-0.39, 0.29) is 11.9 Å². The lowest BCUT2D eigenvalue weighted by Gasteiger charge is -2.36. The molecule has 2 aromatic rings. The molecular weight excluding hydrogens is 320 g/mol. The van der Waals surface area contributed by atoms with Crippen LogP contribution in [0.3, 0.4) is 0 Å². The Morgan fingerprint density at radius 2 is 2.08 bits per heavy atom. The van der Waals surface area contributed by atoms with Crippen LogP contribution in [0.1, 0.15) is 11.8 Å². The molecule has 1 aliphatic rings. The van der Waals surface area contributed by atoms with Gasteiger partial charge in [0.2, 0.25) is 5.91 Å². The molecule has 0 aliphatic carbocycles. The number of rotatable bonds is 6. The zero-order valence-corrected chi connectivity index (χ0v) is 14.8. The molecule has 0 radical (unpaired) electrons. The summed E-state index contributed by atoms with van der Waals surface area (Å²) >= 11 is 1.63.